The van der Waals surface area contributed by atoms with Crippen molar-refractivity contribution in [1.82, 2.24) is 4.90 Å². The van der Waals surface area contributed by atoms with E-state index in [0.717, 1.165) is 12.0 Å². The summed E-state index contributed by atoms with van der Waals surface area (Å²) >= 11 is 0. The van der Waals surface area contributed by atoms with Gasteiger partial charge in [-0.05, 0) is 44.9 Å². The minimum absolute atomic E-state index is 0.0510. The Kier molecular flexibility index (Phi) is 8.40. The van der Waals surface area contributed by atoms with E-state index in [2.05, 4.69) is 49.7 Å². The highest BCUT2D eigenvalue weighted by atomic mass is 16.7. The van der Waals surface area contributed by atoms with Crippen LogP contribution in [0, 0.1) is 0 Å². The zero-order valence-electron chi connectivity index (χ0n) is 20.6. The number of carboxylic acids is 1. The Labute approximate surface area is 204 Å². The number of esters is 1. The van der Waals surface area contributed by atoms with Gasteiger partial charge in [0.25, 0.3) is 5.91 Å². The zero-order valence-corrected chi connectivity index (χ0v) is 20.6. The number of carbonyl (C=O) groups excluding carboxylic acids is 2. The predicted molar refractivity (Wildman–Crippen MR) is 130 cm³/mol. The van der Waals surface area contributed by atoms with Crippen molar-refractivity contribution in [3.05, 3.63) is 64.7 Å². The molecule has 0 fully saturated rings. The summed E-state index contributed by atoms with van der Waals surface area (Å²) in [5.41, 5.74) is 0.941. The van der Waals surface area contributed by atoms with E-state index in [4.69, 9.17) is 14.6 Å². The molecule has 0 aromatic heterocycles. The van der Waals surface area contributed by atoms with Gasteiger partial charge in [-0.1, -0.05) is 43.3 Å². The van der Waals surface area contributed by atoms with Gasteiger partial charge in [0.15, 0.2) is 0 Å². The molecule has 2 unspecified atom stereocenters. The highest BCUT2D eigenvalue weighted by Gasteiger charge is 2.32. The molecule has 186 valence electrons. The van der Waals surface area contributed by atoms with Crippen LogP contribution in [0.1, 0.15) is 52.5 Å². The van der Waals surface area contributed by atoms with E-state index in [-0.39, 0.29) is 17.5 Å². The van der Waals surface area contributed by atoms with Crippen LogP contribution < -0.4 is 15.3 Å². The molecular formula is C27H32N2O6. The third-order valence-corrected chi connectivity index (χ3v) is 5.79. The second-order valence-corrected chi connectivity index (χ2v) is 9.47. The van der Waals surface area contributed by atoms with Crippen LogP contribution in [-0.2, 0) is 25.7 Å². The molecule has 1 aliphatic rings. The molecule has 2 aromatic carbocycles. The smallest absolute Gasteiger partial charge is 0.320 e. The second-order valence-electron chi connectivity index (χ2n) is 9.47. The number of amides is 1. The molecular weight excluding hydrogens is 448 g/mol. The summed E-state index contributed by atoms with van der Waals surface area (Å²) in [5, 5.41) is 10.0. The van der Waals surface area contributed by atoms with Crippen LogP contribution in [0.15, 0.2) is 53.5 Å². The minimum atomic E-state index is -1.28. The van der Waals surface area contributed by atoms with E-state index in [9.17, 15) is 14.4 Å². The van der Waals surface area contributed by atoms with Crippen molar-refractivity contribution in [2.75, 3.05) is 0 Å². The predicted octanol–water partition coefficient (Wildman–Crippen LogP) is 2.82. The number of fused-ring (bicyclic) bond motifs is 1. The Hall–Kier alpha value is -3.52. The maximum atomic E-state index is 12.3. The van der Waals surface area contributed by atoms with Crippen molar-refractivity contribution in [3.8, 4) is 5.75 Å². The number of nitrogens with zero attached hydrogens (tertiary/aromatic N) is 2. The van der Waals surface area contributed by atoms with Crippen molar-refractivity contribution in [2.24, 2.45) is 4.99 Å². The lowest BCUT2D eigenvalue weighted by molar-refractivity contribution is -0.170. The first-order valence-electron chi connectivity index (χ1n) is 11.7. The Morgan fingerprint density at radius 2 is 1.80 bits per heavy atom. The molecule has 0 saturated heterocycles. The maximum Gasteiger partial charge on any atom is 0.320 e. The lowest BCUT2D eigenvalue weighted by Gasteiger charge is -2.42. The first-order valence-corrected chi connectivity index (χ1v) is 11.7. The van der Waals surface area contributed by atoms with E-state index < -0.39 is 24.6 Å². The van der Waals surface area contributed by atoms with Gasteiger partial charge in [-0.15, -0.1) is 0 Å². The quantitative estimate of drug-likeness (QED) is 0.299. The summed E-state index contributed by atoms with van der Waals surface area (Å²) in [6, 6.07) is 15.1. The van der Waals surface area contributed by atoms with E-state index in [1.165, 1.54) is 6.08 Å². The SMILES string of the molecule is CCC(CC(OC(=O)CC(=O)O)Oc1cccc2c1=CC(=O)N=2)N(Cc1ccccc1)C(C)(C)C. The number of hydrogen-bond acceptors (Lipinski definition) is 6. The molecule has 2 aromatic rings. The van der Waals surface area contributed by atoms with Crippen molar-refractivity contribution in [3.63, 3.8) is 0 Å². The van der Waals surface area contributed by atoms with E-state index in [1.807, 2.05) is 18.2 Å². The van der Waals surface area contributed by atoms with Gasteiger partial charge in [-0.2, -0.15) is 0 Å². The van der Waals surface area contributed by atoms with Crippen LogP contribution in [0.3, 0.4) is 0 Å². The third kappa shape index (κ3) is 7.23. The summed E-state index contributed by atoms with van der Waals surface area (Å²) in [4.78, 5) is 41.4. The number of carbonyl (C=O) groups is 3. The van der Waals surface area contributed by atoms with Crippen LogP contribution in [0.25, 0.3) is 6.08 Å². The molecule has 1 N–H and O–H groups in total. The maximum absolute atomic E-state index is 12.3. The Morgan fingerprint density at radius 3 is 2.43 bits per heavy atom. The standard InChI is InChI=1S/C27H32N2O6/c1-5-19(29(27(2,3)4)17-18-10-7-6-8-11-18)14-26(35-25(33)16-24(31)32)34-22-13-9-12-21-20(22)15-23(30)28-21/h6-13,15,19,26H,5,14,16-17H2,1-4H3,(H,31,32). The van der Waals surface area contributed by atoms with Gasteiger partial charge in [0.1, 0.15) is 12.2 Å². The first-order chi connectivity index (χ1) is 16.6. The van der Waals surface area contributed by atoms with Crippen LogP contribution in [0.5, 0.6) is 5.75 Å². The van der Waals surface area contributed by atoms with E-state index in [1.54, 1.807) is 18.2 Å². The molecule has 3 rings (SSSR count). The number of hydrogen-bond donors (Lipinski definition) is 1. The second kappa shape index (κ2) is 11.3. The molecule has 2 atom stereocenters. The highest BCUT2D eigenvalue weighted by Crippen LogP contribution is 2.26. The Balaban J connectivity index is 1.90. The molecule has 0 radical (unpaired) electrons. The summed E-state index contributed by atoms with van der Waals surface area (Å²) < 4.78 is 11.6. The fourth-order valence-corrected chi connectivity index (χ4v) is 4.16. The third-order valence-electron chi connectivity index (χ3n) is 5.79. The Bertz CT molecular complexity index is 1190. The van der Waals surface area contributed by atoms with Gasteiger partial charge in [0.2, 0.25) is 6.29 Å². The van der Waals surface area contributed by atoms with Crippen molar-refractivity contribution in [2.45, 2.75) is 71.4 Å². The van der Waals surface area contributed by atoms with E-state index >= 15 is 0 Å². The molecule has 0 spiro atoms. The zero-order chi connectivity index (χ0) is 25.6. The normalized spacial score (nSPS) is 14.5. The van der Waals surface area contributed by atoms with Crippen molar-refractivity contribution >= 4 is 23.9 Å². The summed E-state index contributed by atoms with van der Waals surface area (Å²) in [7, 11) is 0. The monoisotopic (exact) mass is 480 g/mol. The number of aliphatic carboxylic acids is 1. The summed E-state index contributed by atoms with van der Waals surface area (Å²) in [6.45, 7) is 9.10. The van der Waals surface area contributed by atoms with Crippen LogP contribution in [0.2, 0.25) is 0 Å². The van der Waals surface area contributed by atoms with Crippen molar-refractivity contribution in [1.29, 1.82) is 0 Å². The van der Waals surface area contributed by atoms with Crippen LogP contribution in [0.4, 0.5) is 0 Å². The lowest BCUT2D eigenvalue weighted by atomic mass is 9.97. The minimum Gasteiger partial charge on any atom is -0.481 e. The largest absolute Gasteiger partial charge is 0.481 e. The van der Waals surface area contributed by atoms with Gasteiger partial charge in [0.05, 0.1) is 5.36 Å². The molecule has 1 aliphatic heterocycles. The number of benzene rings is 2. The molecule has 0 aliphatic carbocycles. The molecule has 0 bridgehead atoms. The fraction of sp³-hybridized carbons (Fsp3) is 0.407. The average molecular weight is 481 g/mol. The highest BCUT2D eigenvalue weighted by molar-refractivity contribution is 6.06. The fourth-order valence-electron chi connectivity index (χ4n) is 4.16. The van der Waals surface area contributed by atoms with Gasteiger partial charge in [-0.25, -0.2) is 4.99 Å². The molecule has 1 heterocycles. The Morgan fingerprint density at radius 1 is 1.09 bits per heavy atom. The number of carboxylic acid groups (broad SMARTS) is 1. The molecule has 8 nitrogen and oxygen atoms in total. The first kappa shape index (κ1) is 26.1. The molecule has 1 amide bonds. The lowest BCUT2D eigenvalue weighted by Crippen LogP contribution is -2.49. The summed E-state index contributed by atoms with van der Waals surface area (Å²) in [5.74, 6) is -2.20. The van der Waals surface area contributed by atoms with Gasteiger partial charge in [-0.3, -0.25) is 19.3 Å². The van der Waals surface area contributed by atoms with Crippen LogP contribution >= 0.6 is 0 Å². The van der Waals surface area contributed by atoms with E-state index in [0.29, 0.717) is 29.3 Å². The molecule has 8 heteroatoms. The summed E-state index contributed by atoms with van der Waals surface area (Å²) in [6.07, 6.45) is 0.599. The molecule has 35 heavy (non-hydrogen) atoms. The van der Waals surface area contributed by atoms with Gasteiger partial charge >= 0.3 is 11.9 Å². The number of rotatable bonds is 11. The average Bonchev–Trinajstić information content (AvgIpc) is 3.16. The topological polar surface area (TPSA) is 106 Å². The van der Waals surface area contributed by atoms with Gasteiger partial charge < -0.3 is 14.6 Å². The van der Waals surface area contributed by atoms with Gasteiger partial charge in [0, 0.05) is 35.8 Å². The van der Waals surface area contributed by atoms with Crippen molar-refractivity contribution < 1.29 is 29.0 Å². The number of ether oxygens (including phenoxy) is 2. The van der Waals surface area contributed by atoms with Crippen LogP contribution in [-0.4, -0.2) is 45.7 Å². The molecule has 0 saturated carbocycles.